The molecule has 0 saturated heterocycles. The first kappa shape index (κ1) is 31.8. The highest BCUT2D eigenvalue weighted by molar-refractivity contribution is 5.74. The molecular weight excluding hydrogens is 568 g/mol. The summed E-state index contributed by atoms with van der Waals surface area (Å²) in [6, 6.07) is 22.5. The van der Waals surface area contributed by atoms with Crippen LogP contribution in [-0.2, 0) is 25.7 Å². The summed E-state index contributed by atoms with van der Waals surface area (Å²) in [4.78, 5) is 0. The summed E-state index contributed by atoms with van der Waals surface area (Å²) in [5, 5.41) is 0. The van der Waals surface area contributed by atoms with E-state index in [0.29, 0.717) is 26.4 Å². The van der Waals surface area contributed by atoms with Crippen molar-refractivity contribution >= 4 is 12.2 Å². The van der Waals surface area contributed by atoms with E-state index in [4.69, 9.17) is 18.9 Å². The van der Waals surface area contributed by atoms with Crippen LogP contribution in [0.2, 0.25) is 0 Å². The van der Waals surface area contributed by atoms with Crippen LogP contribution in [0.25, 0.3) is 12.2 Å². The Labute approximate surface area is 275 Å². The van der Waals surface area contributed by atoms with E-state index in [0.717, 1.165) is 74.4 Å². The van der Waals surface area contributed by atoms with Gasteiger partial charge in [0.25, 0.3) is 0 Å². The third-order valence-corrected chi connectivity index (χ3v) is 8.68. The smallest absolute Gasteiger partial charge is 0.126 e. The van der Waals surface area contributed by atoms with E-state index in [9.17, 15) is 0 Å². The molecule has 4 aromatic rings. The van der Waals surface area contributed by atoms with Gasteiger partial charge < -0.3 is 18.9 Å². The summed E-state index contributed by atoms with van der Waals surface area (Å²) >= 11 is 0. The average Bonchev–Trinajstić information content (AvgIpc) is 3.06. The zero-order chi connectivity index (χ0) is 31.9. The van der Waals surface area contributed by atoms with Gasteiger partial charge in [0.1, 0.15) is 23.0 Å². The Balaban J connectivity index is 1.68. The molecule has 10 bridgehead atoms. The molecule has 240 valence electrons. The van der Waals surface area contributed by atoms with Gasteiger partial charge in [0.15, 0.2) is 0 Å². The number of hydrogen-bond donors (Lipinski definition) is 0. The van der Waals surface area contributed by atoms with Gasteiger partial charge in [0, 0.05) is 25.7 Å². The minimum Gasteiger partial charge on any atom is -0.493 e. The second kappa shape index (κ2) is 14.9. The number of rotatable bonds is 12. The van der Waals surface area contributed by atoms with Crippen molar-refractivity contribution in [3.05, 3.63) is 116 Å². The molecule has 2 aliphatic carbocycles. The van der Waals surface area contributed by atoms with Crippen LogP contribution in [0.4, 0.5) is 0 Å². The summed E-state index contributed by atoms with van der Waals surface area (Å²) < 4.78 is 26.5. The molecule has 0 heterocycles. The largest absolute Gasteiger partial charge is 0.493 e. The minimum atomic E-state index is 0.669. The van der Waals surface area contributed by atoms with Crippen molar-refractivity contribution in [2.24, 2.45) is 0 Å². The zero-order valence-corrected chi connectivity index (χ0v) is 28.0. The average molecular weight is 617 g/mol. The Morgan fingerprint density at radius 3 is 0.913 bits per heavy atom. The van der Waals surface area contributed by atoms with Crippen molar-refractivity contribution in [3.8, 4) is 23.0 Å². The van der Waals surface area contributed by atoms with E-state index in [1.807, 2.05) is 0 Å². The Kier molecular flexibility index (Phi) is 10.3. The van der Waals surface area contributed by atoms with E-state index in [1.54, 1.807) is 0 Å². The van der Waals surface area contributed by atoms with Gasteiger partial charge in [-0.1, -0.05) is 76.2 Å². The van der Waals surface area contributed by atoms with Crippen LogP contribution < -0.4 is 18.9 Å². The molecule has 46 heavy (non-hydrogen) atoms. The first-order chi connectivity index (χ1) is 22.6. The minimum absolute atomic E-state index is 0.669. The SMILES string of the molecule is CCCOc1c2cccc1Cc1cc3cc(c1OCCC)Cc1cccc(c1OCCC)Cc1cc(cc(c1OCCC)C2)/C=C\3. The summed E-state index contributed by atoms with van der Waals surface area (Å²) in [5.41, 5.74) is 11.8. The molecular formula is C42H48O4. The van der Waals surface area contributed by atoms with Crippen LogP contribution >= 0.6 is 0 Å². The lowest BCUT2D eigenvalue weighted by atomic mass is 9.90. The predicted molar refractivity (Wildman–Crippen MR) is 189 cm³/mol. The maximum absolute atomic E-state index is 6.65. The highest BCUT2D eigenvalue weighted by Gasteiger charge is 2.23. The normalized spacial score (nSPS) is 13.7. The first-order valence-corrected chi connectivity index (χ1v) is 17.3. The molecule has 6 rings (SSSR count). The molecule has 0 N–H and O–H groups in total. The van der Waals surface area contributed by atoms with Gasteiger partial charge in [-0.2, -0.15) is 0 Å². The van der Waals surface area contributed by atoms with Crippen molar-refractivity contribution in [1.29, 1.82) is 0 Å². The third kappa shape index (κ3) is 6.97. The molecule has 2 aliphatic rings. The van der Waals surface area contributed by atoms with Crippen molar-refractivity contribution in [2.45, 2.75) is 79.1 Å². The fraction of sp³-hybridized carbons (Fsp3) is 0.381. The van der Waals surface area contributed by atoms with Crippen molar-refractivity contribution in [1.82, 2.24) is 0 Å². The lowest BCUT2D eigenvalue weighted by Gasteiger charge is -2.23. The van der Waals surface area contributed by atoms with Crippen LogP contribution in [0.5, 0.6) is 23.0 Å². The van der Waals surface area contributed by atoms with E-state index < -0.39 is 0 Å². The van der Waals surface area contributed by atoms with Crippen LogP contribution in [0.15, 0.2) is 60.7 Å². The van der Waals surface area contributed by atoms with Gasteiger partial charge in [-0.3, -0.25) is 0 Å². The molecule has 0 saturated carbocycles. The topological polar surface area (TPSA) is 36.9 Å². The van der Waals surface area contributed by atoms with Crippen molar-refractivity contribution < 1.29 is 18.9 Å². The zero-order valence-electron chi connectivity index (χ0n) is 28.0. The molecule has 4 aromatic carbocycles. The van der Waals surface area contributed by atoms with Gasteiger partial charge in [-0.05, 0) is 106 Å². The second-order valence-electron chi connectivity index (χ2n) is 12.6. The molecule has 0 atom stereocenters. The molecule has 0 spiro atoms. The second-order valence-corrected chi connectivity index (χ2v) is 12.6. The maximum Gasteiger partial charge on any atom is 0.126 e. The quantitative estimate of drug-likeness (QED) is 0.137. The Morgan fingerprint density at radius 2 is 0.652 bits per heavy atom. The first-order valence-electron chi connectivity index (χ1n) is 17.3. The van der Waals surface area contributed by atoms with Crippen LogP contribution in [0.1, 0.15) is 109 Å². The van der Waals surface area contributed by atoms with Gasteiger partial charge >= 0.3 is 0 Å². The Hall–Kier alpha value is -4.18. The van der Waals surface area contributed by atoms with Gasteiger partial charge in [-0.25, -0.2) is 0 Å². The lowest BCUT2D eigenvalue weighted by molar-refractivity contribution is 0.304. The van der Waals surface area contributed by atoms with Gasteiger partial charge in [0.05, 0.1) is 26.4 Å². The van der Waals surface area contributed by atoms with Crippen LogP contribution in [0.3, 0.4) is 0 Å². The van der Waals surface area contributed by atoms with Gasteiger partial charge in [0.2, 0.25) is 0 Å². The molecule has 0 amide bonds. The predicted octanol–water partition coefficient (Wildman–Crippen LogP) is 10.0. The molecule has 0 aliphatic heterocycles. The van der Waals surface area contributed by atoms with Gasteiger partial charge in [-0.15, -0.1) is 0 Å². The summed E-state index contributed by atoms with van der Waals surface area (Å²) in [5.74, 6) is 3.96. The van der Waals surface area contributed by atoms with E-state index in [-0.39, 0.29) is 0 Å². The number of ether oxygens (including phenoxy) is 4. The van der Waals surface area contributed by atoms with Crippen LogP contribution in [0, 0.1) is 0 Å². The molecule has 0 unspecified atom stereocenters. The van der Waals surface area contributed by atoms with Crippen molar-refractivity contribution in [3.63, 3.8) is 0 Å². The summed E-state index contributed by atoms with van der Waals surface area (Å²) in [7, 11) is 0. The molecule has 0 radical (unpaired) electrons. The fourth-order valence-electron chi connectivity index (χ4n) is 6.68. The monoisotopic (exact) mass is 616 g/mol. The van der Waals surface area contributed by atoms with E-state index >= 15 is 0 Å². The third-order valence-electron chi connectivity index (χ3n) is 8.68. The number of benzene rings is 4. The summed E-state index contributed by atoms with van der Waals surface area (Å²) in [6.07, 6.45) is 11.2. The highest BCUT2D eigenvalue weighted by Crippen LogP contribution is 2.41. The summed E-state index contributed by atoms with van der Waals surface area (Å²) in [6.45, 7) is 11.4. The van der Waals surface area contributed by atoms with Crippen LogP contribution in [-0.4, -0.2) is 26.4 Å². The van der Waals surface area contributed by atoms with E-state index in [1.165, 1.54) is 55.6 Å². The molecule has 0 aromatic heterocycles. The number of para-hydroxylation sites is 2. The Morgan fingerprint density at radius 1 is 0.391 bits per heavy atom. The van der Waals surface area contributed by atoms with E-state index in [2.05, 4.69) is 101 Å². The molecule has 0 fully saturated rings. The standard InChI is InChI=1S/C42H48O4/c1-5-17-43-39-31-11-9-12-32(39)26-36-22-30-16-15-29-21-35(25-31)41(45-19-7-3)37(23-29)27-33-13-10-14-34(40(33)44-18-6-2)28-38(24-30)42(36)46-20-8-4/h9-16,21-24H,5-8,17-20,25-28H2,1-4H3/b16-15-. The number of hydrogen-bond acceptors (Lipinski definition) is 4. The Bertz CT molecular complexity index is 1480. The molecule has 4 heteroatoms. The lowest BCUT2D eigenvalue weighted by Crippen LogP contribution is -2.10. The fourth-order valence-corrected chi connectivity index (χ4v) is 6.68. The maximum atomic E-state index is 6.65. The molecule has 4 nitrogen and oxygen atoms in total. The highest BCUT2D eigenvalue weighted by atomic mass is 16.5. The van der Waals surface area contributed by atoms with Crippen molar-refractivity contribution in [2.75, 3.05) is 26.4 Å². The number of fused-ring (bicyclic) bond motifs is 8.